The SMILES string of the molecule is Cc1cccc(C=NC2CC3CCC3C2)c1O. The highest BCUT2D eigenvalue weighted by Gasteiger charge is 2.39. The fourth-order valence-electron chi connectivity index (χ4n) is 3.15. The van der Waals surface area contributed by atoms with Crippen LogP contribution in [0.1, 0.15) is 36.8 Å². The monoisotopic (exact) mass is 229 g/mol. The number of phenols is 1. The molecule has 2 heteroatoms. The molecule has 1 aromatic carbocycles. The number of fused-ring (bicyclic) bond motifs is 1. The van der Waals surface area contributed by atoms with Gasteiger partial charge in [0.25, 0.3) is 0 Å². The highest BCUT2D eigenvalue weighted by Crippen LogP contribution is 2.47. The lowest BCUT2D eigenvalue weighted by Crippen LogP contribution is -2.18. The van der Waals surface area contributed by atoms with Gasteiger partial charge in [0.2, 0.25) is 0 Å². The van der Waals surface area contributed by atoms with Gasteiger partial charge in [-0.2, -0.15) is 0 Å². The number of aryl methyl sites for hydroxylation is 1. The number of benzene rings is 1. The smallest absolute Gasteiger partial charge is 0.127 e. The van der Waals surface area contributed by atoms with Gasteiger partial charge in [-0.25, -0.2) is 0 Å². The second kappa shape index (κ2) is 4.17. The third-order valence-corrected chi connectivity index (χ3v) is 4.42. The van der Waals surface area contributed by atoms with Crippen molar-refractivity contribution in [3.63, 3.8) is 0 Å². The van der Waals surface area contributed by atoms with Gasteiger partial charge in [0.15, 0.2) is 0 Å². The van der Waals surface area contributed by atoms with Crippen molar-refractivity contribution in [1.29, 1.82) is 0 Å². The van der Waals surface area contributed by atoms with E-state index in [4.69, 9.17) is 0 Å². The van der Waals surface area contributed by atoms with E-state index in [0.717, 1.165) is 23.0 Å². The Balaban J connectivity index is 1.72. The van der Waals surface area contributed by atoms with Crippen LogP contribution in [-0.4, -0.2) is 17.4 Å². The lowest BCUT2D eigenvalue weighted by Gasteiger charge is -2.29. The minimum absolute atomic E-state index is 0.372. The molecule has 0 aromatic heterocycles. The zero-order chi connectivity index (χ0) is 11.8. The molecule has 2 atom stereocenters. The topological polar surface area (TPSA) is 32.6 Å². The summed E-state index contributed by atoms with van der Waals surface area (Å²) in [7, 11) is 0. The molecular weight excluding hydrogens is 210 g/mol. The molecule has 2 fully saturated rings. The molecule has 0 aliphatic heterocycles. The van der Waals surface area contributed by atoms with E-state index >= 15 is 0 Å². The van der Waals surface area contributed by atoms with Gasteiger partial charge in [-0.1, -0.05) is 12.1 Å². The fraction of sp³-hybridized carbons (Fsp3) is 0.533. The van der Waals surface area contributed by atoms with E-state index in [-0.39, 0.29) is 0 Å². The molecular formula is C15H19NO. The molecule has 2 nitrogen and oxygen atoms in total. The van der Waals surface area contributed by atoms with Crippen molar-refractivity contribution in [2.75, 3.05) is 0 Å². The number of hydrogen-bond donors (Lipinski definition) is 1. The highest BCUT2D eigenvalue weighted by molar-refractivity contribution is 5.84. The van der Waals surface area contributed by atoms with Gasteiger partial charge in [-0.15, -0.1) is 0 Å². The van der Waals surface area contributed by atoms with Gasteiger partial charge in [0.05, 0.1) is 6.04 Å². The van der Waals surface area contributed by atoms with Crippen molar-refractivity contribution in [2.45, 2.75) is 38.6 Å². The summed E-state index contributed by atoms with van der Waals surface area (Å²) in [4.78, 5) is 4.65. The molecule has 0 heterocycles. The van der Waals surface area contributed by atoms with Gasteiger partial charge < -0.3 is 5.11 Å². The van der Waals surface area contributed by atoms with Crippen LogP contribution >= 0.6 is 0 Å². The molecule has 2 saturated carbocycles. The van der Waals surface area contributed by atoms with Crippen LogP contribution in [0.2, 0.25) is 0 Å². The summed E-state index contributed by atoms with van der Waals surface area (Å²) < 4.78 is 0. The Bertz CT molecular complexity index is 440. The molecule has 90 valence electrons. The van der Waals surface area contributed by atoms with E-state index < -0.39 is 0 Å². The quantitative estimate of drug-likeness (QED) is 0.775. The molecule has 2 aliphatic rings. The summed E-state index contributed by atoms with van der Waals surface area (Å²) in [6, 6.07) is 6.31. The largest absolute Gasteiger partial charge is 0.507 e. The molecule has 2 aliphatic carbocycles. The summed E-state index contributed by atoms with van der Waals surface area (Å²) in [6.07, 6.45) is 7.19. The number of hydrogen-bond acceptors (Lipinski definition) is 2. The van der Waals surface area contributed by atoms with Gasteiger partial charge in [0.1, 0.15) is 5.75 Å². The Hall–Kier alpha value is -1.31. The molecule has 3 rings (SSSR count). The van der Waals surface area contributed by atoms with Crippen LogP contribution in [0.3, 0.4) is 0 Å². The number of aromatic hydroxyl groups is 1. The number of para-hydroxylation sites is 1. The Kier molecular flexibility index (Phi) is 2.65. The Morgan fingerprint density at radius 1 is 1.24 bits per heavy atom. The van der Waals surface area contributed by atoms with E-state index in [1.165, 1.54) is 25.7 Å². The average molecular weight is 229 g/mol. The van der Waals surface area contributed by atoms with E-state index in [1.807, 2.05) is 31.3 Å². The lowest BCUT2D eigenvalue weighted by atomic mass is 9.77. The lowest BCUT2D eigenvalue weighted by molar-refractivity contribution is 0.219. The number of aliphatic imine (C=N–C) groups is 1. The molecule has 0 amide bonds. The second-order valence-electron chi connectivity index (χ2n) is 5.51. The predicted octanol–water partition coefficient (Wildman–Crippen LogP) is 3.31. The minimum atomic E-state index is 0.372. The van der Waals surface area contributed by atoms with Crippen LogP contribution < -0.4 is 0 Å². The number of rotatable bonds is 2. The maximum atomic E-state index is 9.90. The highest BCUT2D eigenvalue weighted by atomic mass is 16.3. The third-order valence-electron chi connectivity index (χ3n) is 4.42. The summed E-state index contributed by atoms with van der Waals surface area (Å²) in [5, 5.41) is 9.90. The molecule has 1 N–H and O–H groups in total. The molecule has 1 aromatic rings. The molecule has 0 radical (unpaired) electrons. The van der Waals surface area contributed by atoms with E-state index in [1.54, 1.807) is 0 Å². The predicted molar refractivity (Wildman–Crippen MR) is 69.7 cm³/mol. The van der Waals surface area contributed by atoms with Crippen LogP contribution in [0.25, 0.3) is 0 Å². The van der Waals surface area contributed by atoms with E-state index in [9.17, 15) is 5.11 Å². The first-order valence-corrected chi connectivity index (χ1v) is 6.56. The summed E-state index contributed by atoms with van der Waals surface area (Å²) in [5.41, 5.74) is 1.77. The number of phenolic OH excluding ortho intramolecular Hbond substituents is 1. The summed E-state index contributed by atoms with van der Waals surface area (Å²) in [5.74, 6) is 2.27. The second-order valence-corrected chi connectivity index (χ2v) is 5.51. The number of nitrogens with zero attached hydrogens (tertiary/aromatic N) is 1. The van der Waals surface area contributed by atoms with Crippen molar-refractivity contribution in [2.24, 2.45) is 16.8 Å². The van der Waals surface area contributed by atoms with Crippen molar-refractivity contribution >= 4 is 6.21 Å². The maximum Gasteiger partial charge on any atom is 0.127 e. The maximum absolute atomic E-state index is 9.90. The molecule has 0 bridgehead atoms. The van der Waals surface area contributed by atoms with Crippen LogP contribution in [0.4, 0.5) is 0 Å². The fourth-order valence-corrected chi connectivity index (χ4v) is 3.15. The first-order valence-electron chi connectivity index (χ1n) is 6.56. The Labute approximate surface area is 102 Å². The summed E-state index contributed by atoms with van der Waals surface area (Å²) >= 11 is 0. The van der Waals surface area contributed by atoms with E-state index in [0.29, 0.717) is 11.8 Å². The van der Waals surface area contributed by atoms with E-state index in [2.05, 4.69) is 4.99 Å². The zero-order valence-electron chi connectivity index (χ0n) is 10.3. The molecule has 17 heavy (non-hydrogen) atoms. The standard InChI is InChI=1S/C15H19NO/c1-10-3-2-4-13(15(10)17)9-16-14-7-11-5-6-12(11)8-14/h2-4,9,11-12,14,17H,5-8H2,1H3. The van der Waals surface area contributed by atoms with Gasteiger partial charge in [0, 0.05) is 11.8 Å². The third kappa shape index (κ3) is 1.97. The van der Waals surface area contributed by atoms with Crippen molar-refractivity contribution < 1.29 is 5.11 Å². The van der Waals surface area contributed by atoms with Crippen molar-refractivity contribution in [3.05, 3.63) is 29.3 Å². The first kappa shape index (κ1) is 10.8. The van der Waals surface area contributed by atoms with Crippen LogP contribution in [-0.2, 0) is 0 Å². The van der Waals surface area contributed by atoms with Crippen LogP contribution in [0, 0.1) is 18.8 Å². The summed E-state index contributed by atoms with van der Waals surface area (Å²) in [6.45, 7) is 1.92. The van der Waals surface area contributed by atoms with Gasteiger partial charge in [-0.3, -0.25) is 4.99 Å². The minimum Gasteiger partial charge on any atom is -0.507 e. The normalized spacial score (nSPS) is 31.5. The molecule has 0 saturated heterocycles. The van der Waals surface area contributed by atoms with Gasteiger partial charge in [-0.05, 0) is 56.1 Å². The molecule has 2 unspecified atom stereocenters. The van der Waals surface area contributed by atoms with Crippen LogP contribution in [0.15, 0.2) is 23.2 Å². The Morgan fingerprint density at radius 2 is 1.94 bits per heavy atom. The van der Waals surface area contributed by atoms with Crippen molar-refractivity contribution in [1.82, 2.24) is 0 Å². The zero-order valence-corrected chi connectivity index (χ0v) is 10.3. The van der Waals surface area contributed by atoms with Gasteiger partial charge >= 0.3 is 0 Å². The van der Waals surface area contributed by atoms with Crippen LogP contribution in [0.5, 0.6) is 5.75 Å². The molecule has 0 spiro atoms. The average Bonchev–Trinajstić information content (AvgIpc) is 2.58. The van der Waals surface area contributed by atoms with Crippen molar-refractivity contribution in [3.8, 4) is 5.75 Å². The first-order chi connectivity index (χ1) is 8.24. The Morgan fingerprint density at radius 3 is 2.59 bits per heavy atom.